The first-order valence-corrected chi connectivity index (χ1v) is 6.29. The first-order valence-electron chi connectivity index (χ1n) is 4.89. The van der Waals surface area contributed by atoms with Gasteiger partial charge in [0.2, 0.25) is 0 Å². The summed E-state index contributed by atoms with van der Waals surface area (Å²) < 4.78 is 5.05. The number of anilines is 1. The van der Waals surface area contributed by atoms with Gasteiger partial charge in [-0.25, -0.2) is 0 Å². The van der Waals surface area contributed by atoms with Gasteiger partial charge in [-0.15, -0.1) is 0 Å². The fraction of sp³-hybridized carbons (Fsp3) is 0.364. The summed E-state index contributed by atoms with van der Waals surface area (Å²) in [6.45, 7) is 0.659. The first-order chi connectivity index (χ1) is 7.69. The van der Waals surface area contributed by atoms with Crippen LogP contribution in [0.4, 0.5) is 5.69 Å². The molecule has 3 N–H and O–H groups in total. The van der Waals surface area contributed by atoms with Gasteiger partial charge in [0.05, 0.1) is 12.8 Å². The van der Waals surface area contributed by atoms with Crippen LogP contribution in [-0.2, 0) is 0 Å². The van der Waals surface area contributed by atoms with Crippen LogP contribution in [0, 0.1) is 0 Å². The zero-order chi connectivity index (χ0) is 12.0. The van der Waals surface area contributed by atoms with E-state index >= 15 is 0 Å². The number of rotatable bonds is 5. The van der Waals surface area contributed by atoms with Crippen LogP contribution in [0.2, 0.25) is 0 Å². The van der Waals surface area contributed by atoms with E-state index in [4.69, 9.17) is 10.5 Å². The molecule has 16 heavy (non-hydrogen) atoms. The van der Waals surface area contributed by atoms with Gasteiger partial charge < -0.3 is 15.8 Å². The summed E-state index contributed by atoms with van der Waals surface area (Å²) >= 11 is 1.69. The normalized spacial score (nSPS) is 9.88. The third kappa shape index (κ3) is 3.34. The molecule has 1 aromatic rings. The van der Waals surface area contributed by atoms with Crippen LogP contribution in [0.25, 0.3) is 0 Å². The fourth-order valence-corrected chi connectivity index (χ4v) is 1.53. The van der Waals surface area contributed by atoms with Crippen molar-refractivity contribution in [2.45, 2.75) is 0 Å². The summed E-state index contributed by atoms with van der Waals surface area (Å²) in [5.74, 6) is 1.32. The topological polar surface area (TPSA) is 64.3 Å². The lowest BCUT2D eigenvalue weighted by Gasteiger charge is -2.07. The standard InChI is InChI=1S/C11H16N2O2S/c1-15-10-7-8(3-4-9(10)12)11(14)13-5-6-16-2/h3-4,7H,5-6,12H2,1-2H3,(H,13,14). The molecule has 0 atom stereocenters. The quantitative estimate of drug-likeness (QED) is 0.602. The van der Waals surface area contributed by atoms with E-state index in [0.717, 1.165) is 5.75 Å². The van der Waals surface area contributed by atoms with Crippen molar-refractivity contribution in [3.8, 4) is 5.75 Å². The van der Waals surface area contributed by atoms with E-state index < -0.39 is 0 Å². The summed E-state index contributed by atoms with van der Waals surface area (Å²) in [4.78, 5) is 11.7. The highest BCUT2D eigenvalue weighted by molar-refractivity contribution is 7.98. The van der Waals surface area contributed by atoms with Crippen LogP contribution in [0.3, 0.4) is 0 Å². The molecule has 0 heterocycles. The van der Waals surface area contributed by atoms with E-state index in [2.05, 4.69) is 5.32 Å². The average Bonchev–Trinajstić information content (AvgIpc) is 2.30. The summed E-state index contributed by atoms with van der Waals surface area (Å²) in [7, 11) is 1.53. The van der Waals surface area contributed by atoms with Gasteiger partial charge in [0.25, 0.3) is 5.91 Å². The number of carbonyl (C=O) groups excluding carboxylic acids is 1. The van der Waals surface area contributed by atoms with E-state index in [0.29, 0.717) is 23.5 Å². The Hall–Kier alpha value is -1.36. The second-order valence-corrected chi connectivity index (χ2v) is 4.19. The SMILES string of the molecule is COc1cc(C(=O)NCCSC)ccc1N. The van der Waals surface area contributed by atoms with Gasteiger partial charge in [-0.2, -0.15) is 11.8 Å². The van der Waals surface area contributed by atoms with Crippen molar-refractivity contribution in [2.24, 2.45) is 0 Å². The number of carbonyl (C=O) groups is 1. The minimum Gasteiger partial charge on any atom is -0.495 e. The Morgan fingerprint density at radius 2 is 2.31 bits per heavy atom. The maximum Gasteiger partial charge on any atom is 0.251 e. The van der Waals surface area contributed by atoms with E-state index in [-0.39, 0.29) is 5.91 Å². The molecule has 0 aromatic heterocycles. The number of thioether (sulfide) groups is 1. The van der Waals surface area contributed by atoms with Crippen molar-refractivity contribution in [1.29, 1.82) is 0 Å². The van der Waals surface area contributed by atoms with Crippen molar-refractivity contribution in [3.63, 3.8) is 0 Å². The number of amides is 1. The van der Waals surface area contributed by atoms with Crippen molar-refractivity contribution in [2.75, 3.05) is 31.4 Å². The number of nitrogens with one attached hydrogen (secondary N) is 1. The summed E-state index contributed by atoms with van der Waals surface area (Å²) in [6, 6.07) is 5.00. The smallest absolute Gasteiger partial charge is 0.251 e. The van der Waals surface area contributed by atoms with E-state index in [1.165, 1.54) is 7.11 Å². The highest BCUT2D eigenvalue weighted by atomic mass is 32.2. The van der Waals surface area contributed by atoms with E-state index in [1.807, 2.05) is 6.26 Å². The molecule has 0 aliphatic rings. The Morgan fingerprint density at radius 3 is 2.94 bits per heavy atom. The molecule has 0 bridgehead atoms. The van der Waals surface area contributed by atoms with Crippen LogP contribution in [-0.4, -0.2) is 31.6 Å². The van der Waals surface area contributed by atoms with E-state index in [1.54, 1.807) is 30.0 Å². The van der Waals surface area contributed by atoms with Gasteiger partial charge in [-0.3, -0.25) is 4.79 Å². The number of hydrogen-bond donors (Lipinski definition) is 2. The average molecular weight is 240 g/mol. The fourth-order valence-electron chi connectivity index (χ4n) is 1.22. The summed E-state index contributed by atoms with van der Waals surface area (Å²) in [5.41, 5.74) is 6.75. The maximum atomic E-state index is 11.7. The van der Waals surface area contributed by atoms with Crippen LogP contribution >= 0.6 is 11.8 Å². The second kappa shape index (κ2) is 6.27. The van der Waals surface area contributed by atoms with Gasteiger partial charge in [0.1, 0.15) is 5.75 Å². The highest BCUT2D eigenvalue weighted by Crippen LogP contribution is 2.21. The molecule has 0 saturated carbocycles. The van der Waals surface area contributed by atoms with Crippen LogP contribution in [0.1, 0.15) is 10.4 Å². The highest BCUT2D eigenvalue weighted by Gasteiger charge is 2.07. The molecule has 1 amide bonds. The minimum absolute atomic E-state index is 0.104. The predicted octanol–water partition coefficient (Wildman–Crippen LogP) is 1.37. The van der Waals surface area contributed by atoms with Gasteiger partial charge in [0, 0.05) is 17.9 Å². The van der Waals surface area contributed by atoms with Gasteiger partial charge >= 0.3 is 0 Å². The third-order valence-electron chi connectivity index (χ3n) is 2.09. The Kier molecular flexibility index (Phi) is 4.98. The molecule has 1 rings (SSSR count). The van der Waals surface area contributed by atoms with E-state index in [9.17, 15) is 4.79 Å². The molecule has 0 radical (unpaired) electrons. The van der Waals surface area contributed by atoms with Crippen molar-refractivity contribution in [3.05, 3.63) is 23.8 Å². The molecule has 0 aliphatic carbocycles. The third-order valence-corrected chi connectivity index (χ3v) is 2.70. The van der Waals surface area contributed by atoms with Crippen molar-refractivity contribution in [1.82, 2.24) is 5.32 Å². The number of nitrogen functional groups attached to an aromatic ring is 1. The summed E-state index contributed by atoms with van der Waals surface area (Å²) in [6.07, 6.45) is 2.00. The Bertz CT molecular complexity index is 369. The second-order valence-electron chi connectivity index (χ2n) is 3.21. The summed E-state index contributed by atoms with van der Waals surface area (Å²) in [5, 5.41) is 2.81. The Balaban J connectivity index is 2.68. The molecule has 0 unspecified atom stereocenters. The zero-order valence-electron chi connectivity index (χ0n) is 9.45. The lowest BCUT2D eigenvalue weighted by molar-refractivity contribution is 0.0956. The maximum absolute atomic E-state index is 11.7. The minimum atomic E-state index is -0.104. The largest absolute Gasteiger partial charge is 0.495 e. The van der Waals surface area contributed by atoms with Crippen LogP contribution in [0.5, 0.6) is 5.75 Å². The molecule has 0 aliphatic heterocycles. The monoisotopic (exact) mass is 240 g/mol. The predicted molar refractivity (Wildman–Crippen MR) is 68.1 cm³/mol. The molecule has 0 saturated heterocycles. The zero-order valence-corrected chi connectivity index (χ0v) is 10.3. The van der Waals surface area contributed by atoms with Crippen molar-refractivity contribution >= 4 is 23.4 Å². The number of hydrogen-bond acceptors (Lipinski definition) is 4. The first kappa shape index (κ1) is 12.7. The van der Waals surface area contributed by atoms with Crippen LogP contribution < -0.4 is 15.8 Å². The molecule has 4 nitrogen and oxygen atoms in total. The number of methoxy groups -OCH3 is 1. The molecule has 88 valence electrons. The van der Waals surface area contributed by atoms with Crippen molar-refractivity contribution < 1.29 is 9.53 Å². The molecule has 5 heteroatoms. The number of ether oxygens (including phenoxy) is 1. The molecule has 0 spiro atoms. The Labute approximate surface area is 99.5 Å². The molecule has 0 fully saturated rings. The molecular weight excluding hydrogens is 224 g/mol. The van der Waals surface area contributed by atoms with Gasteiger partial charge in [-0.1, -0.05) is 0 Å². The Morgan fingerprint density at radius 1 is 1.56 bits per heavy atom. The van der Waals surface area contributed by atoms with Gasteiger partial charge in [0.15, 0.2) is 0 Å². The number of benzene rings is 1. The lowest BCUT2D eigenvalue weighted by Crippen LogP contribution is -2.25. The number of nitrogens with two attached hydrogens (primary N) is 1. The van der Waals surface area contributed by atoms with Gasteiger partial charge in [-0.05, 0) is 24.5 Å². The molecular formula is C11H16N2O2S. The van der Waals surface area contributed by atoms with Crippen LogP contribution in [0.15, 0.2) is 18.2 Å². The lowest BCUT2D eigenvalue weighted by atomic mass is 10.2. The molecule has 1 aromatic carbocycles.